The number of H-pyrrole nitrogens is 2. The minimum atomic E-state index is -0.219. The molecule has 158 valence electrons. The smallest absolute Gasteiger partial charge is 0.256 e. The number of amides is 2. The molecule has 3 aromatic heterocycles. The van der Waals surface area contributed by atoms with Gasteiger partial charge in [-0.05, 0) is 32.1 Å². The molecule has 0 aliphatic carbocycles. The number of aryl methyl sites for hydroxylation is 2. The van der Waals surface area contributed by atoms with Gasteiger partial charge in [-0.1, -0.05) is 0 Å². The lowest BCUT2D eigenvalue weighted by Crippen LogP contribution is -2.34. The first kappa shape index (κ1) is 19.3. The number of aromatic amines is 2. The highest BCUT2D eigenvalue weighted by atomic mass is 16.2. The molecule has 2 aliphatic heterocycles. The van der Waals surface area contributed by atoms with Crippen molar-refractivity contribution in [2.45, 2.75) is 20.4 Å². The van der Waals surface area contributed by atoms with Gasteiger partial charge in [-0.25, -0.2) is 0 Å². The number of hydrogen-bond acceptors (Lipinski definition) is 5. The normalized spacial score (nSPS) is 17.9. The predicted octanol–water partition coefficient (Wildman–Crippen LogP) is 2.08. The molecule has 0 unspecified atom stereocenters. The molecule has 9 heteroatoms. The molecule has 0 atom stereocenters. The van der Waals surface area contributed by atoms with Crippen LogP contribution < -0.4 is 10.6 Å². The van der Waals surface area contributed by atoms with Gasteiger partial charge in [0.1, 0.15) is 0 Å². The number of aromatic nitrogens is 4. The summed E-state index contributed by atoms with van der Waals surface area (Å²) in [5.74, 6) is -0.317. The second kappa shape index (κ2) is 7.21. The highest BCUT2D eigenvalue weighted by molar-refractivity contribution is 6.35. The lowest BCUT2D eigenvalue weighted by atomic mass is 10.0. The molecule has 5 rings (SSSR count). The molecule has 0 aromatic carbocycles. The highest BCUT2D eigenvalue weighted by Crippen LogP contribution is 2.36. The lowest BCUT2D eigenvalue weighted by molar-refractivity contribution is -0.110. The molecule has 2 bridgehead atoms. The van der Waals surface area contributed by atoms with E-state index in [9.17, 15) is 9.59 Å². The van der Waals surface area contributed by atoms with Crippen LogP contribution in [0.2, 0.25) is 0 Å². The number of nitrogens with zero attached hydrogens (tertiary/aromatic N) is 3. The monoisotopic (exact) mass is 417 g/mol. The van der Waals surface area contributed by atoms with Gasteiger partial charge in [0.25, 0.3) is 11.8 Å². The number of carbonyl (C=O) groups is 2. The molecule has 0 saturated heterocycles. The first-order chi connectivity index (χ1) is 14.9. The minimum Gasteiger partial charge on any atom is -0.358 e. The molecular weight excluding hydrogens is 394 g/mol. The number of fused-ring (bicyclic) bond motifs is 4. The number of hydrogen-bond donors (Lipinski definition) is 4. The zero-order chi connectivity index (χ0) is 21.7. The van der Waals surface area contributed by atoms with E-state index in [1.165, 1.54) is 0 Å². The van der Waals surface area contributed by atoms with E-state index in [1.807, 2.05) is 26.0 Å². The Morgan fingerprint density at radius 3 is 2.81 bits per heavy atom. The van der Waals surface area contributed by atoms with Crippen LogP contribution in [-0.4, -0.2) is 57.0 Å². The van der Waals surface area contributed by atoms with E-state index in [2.05, 4.69) is 30.8 Å². The Balaban J connectivity index is 1.72. The maximum atomic E-state index is 13.1. The quantitative estimate of drug-likeness (QED) is 0.447. The van der Waals surface area contributed by atoms with Gasteiger partial charge in [0.15, 0.2) is 0 Å². The van der Waals surface area contributed by atoms with Gasteiger partial charge in [-0.2, -0.15) is 5.10 Å². The van der Waals surface area contributed by atoms with E-state index in [-0.39, 0.29) is 11.8 Å². The zero-order valence-corrected chi connectivity index (χ0v) is 17.6. The van der Waals surface area contributed by atoms with Crippen molar-refractivity contribution in [1.82, 2.24) is 30.4 Å². The zero-order valence-electron chi connectivity index (χ0n) is 17.6. The van der Waals surface area contributed by atoms with Gasteiger partial charge in [0.05, 0.1) is 45.8 Å². The Morgan fingerprint density at radius 1 is 1.13 bits per heavy atom. The molecular formula is C22H23N7O2. The van der Waals surface area contributed by atoms with Crippen LogP contribution in [0.15, 0.2) is 18.3 Å². The first-order valence-corrected chi connectivity index (χ1v) is 10.2. The summed E-state index contributed by atoms with van der Waals surface area (Å²) in [4.78, 5) is 35.3. The number of nitrogens with one attached hydrogen (secondary N) is 4. The third-order valence-electron chi connectivity index (χ3n) is 5.74. The van der Waals surface area contributed by atoms with E-state index in [4.69, 9.17) is 0 Å². The summed E-state index contributed by atoms with van der Waals surface area (Å²) in [5.41, 5.74) is 7.34. The Hall–Kier alpha value is -3.72. The Morgan fingerprint density at radius 2 is 1.97 bits per heavy atom. The molecule has 31 heavy (non-hydrogen) atoms. The van der Waals surface area contributed by atoms with E-state index >= 15 is 0 Å². The molecule has 3 aromatic rings. The number of rotatable bonds is 0. The summed E-state index contributed by atoms with van der Waals surface area (Å²) in [6.45, 7) is 5.55. The summed E-state index contributed by atoms with van der Waals surface area (Å²) in [5, 5.41) is 13.7. The number of carbonyl (C=O) groups excluding carboxylic acids is 2. The average Bonchev–Trinajstić information content (AvgIpc) is 3.39. The summed E-state index contributed by atoms with van der Waals surface area (Å²) in [6.07, 6.45) is 3.42. The maximum Gasteiger partial charge on any atom is 0.256 e. The van der Waals surface area contributed by atoms with Gasteiger partial charge < -0.3 is 20.5 Å². The lowest BCUT2D eigenvalue weighted by Gasteiger charge is -2.17. The second-order valence-corrected chi connectivity index (χ2v) is 7.97. The molecule has 9 nitrogen and oxygen atoms in total. The highest BCUT2D eigenvalue weighted by Gasteiger charge is 2.28. The van der Waals surface area contributed by atoms with Crippen molar-refractivity contribution in [2.24, 2.45) is 0 Å². The van der Waals surface area contributed by atoms with Gasteiger partial charge in [0.2, 0.25) is 0 Å². The summed E-state index contributed by atoms with van der Waals surface area (Å²) in [6, 6.07) is 3.73. The SMILES string of the molecule is Cc1cc2c([nH]1)/C=C1\C(=O)Nc3cnc(cc31)-c1c(C)n[nH]c1CNCCN(C)C2=O. The number of pyridine rings is 1. The van der Waals surface area contributed by atoms with Crippen molar-refractivity contribution in [1.29, 1.82) is 0 Å². The molecule has 0 radical (unpaired) electrons. The maximum absolute atomic E-state index is 13.1. The molecule has 2 amide bonds. The fourth-order valence-corrected chi connectivity index (χ4v) is 4.13. The first-order valence-electron chi connectivity index (χ1n) is 10.2. The van der Waals surface area contributed by atoms with E-state index in [0.29, 0.717) is 42.2 Å². The topological polar surface area (TPSA) is 119 Å². The van der Waals surface area contributed by atoms with Gasteiger partial charge in [-0.15, -0.1) is 0 Å². The van der Waals surface area contributed by atoms with Crippen molar-refractivity contribution in [3.8, 4) is 11.3 Å². The van der Waals surface area contributed by atoms with Crippen molar-refractivity contribution in [2.75, 3.05) is 25.5 Å². The molecule has 0 spiro atoms. The largest absolute Gasteiger partial charge is 0.358 e. The molecule has 2 aliphatic rings. The average molecular weight is 417 g/mol. The predicted molar refractivity (Wildman–Crippen MR) is 117 cm³/mol. The van der Waals surface area contributed by atoms with Crippen LogP contribution >= 0.6 is 0 Å². The third-order valence-corrected chi connectivity index (χ3v) is 5.74. The number of anilines is 1. The Labute approximate surface area is 179 Å². The molecule has 4 N–H and O–H groups in total. The van der Waals surface area contributed by atoms with Crippen molar-refractivity contribution in [3.63, 3.8) is 0 Å². The van der Waals surface area contributed by atoms with Crippen LogP contribution in [0.25, 0.3) is 22.9 Å². The van der Waals surface area contributed by atoms with Gasteiger partial charge in [-0.3, -0.25) is 19.7 Å². The van der Waals surface area contributed by atoms with E-state index in [1.54, 1.807) is 24.2 Å². The summed E-state index contributed by atoms with van der Waals surface area (Å²) < 4.78 is 0. The van der Waals surface area contributed by atoms with Crippen LogP contribution in [0.4, 0.5) is 5.69 Å². The molecule has 5 heterocycles. The molecule has 0 saturated carbocycles. The Kier molecular flexibility index (Phi) is 4.48. The Bertz CT molecular complexity index is 1250. The summed E-state index contributed by atoms with van der Waals surface area (Å²) in [7, 11) is 1.78. The van der Waals surface area contributed by atoms with E-state index < -0.39 is 0 Å². The van der Waals surface area contributed by atoms with Crippen LogP contribution in [0.3, 0.4) is 0 Å². The van der Waals surface area contributed by atoms with Gasteiger partial charge in [0, 0.05) is 43.5 Å². The van der Waals surface area contributed by atoms with Crippen molar-refractivity contribution < 1.29 is 9.59 Å². The van der Waals surface area contributed by atoms with E-state index in [0.717, 1.165) is 33.9 Å². The summed E-state index contributed by atoms with van der Waals surface area (Å²) >= 11 is 0. The minimum absolute atomic E-state index is 0.0972. The fourth-order valence-electron chi connectivity index (χ4n) is 4.13. The second-order valence-electron chi connectivity index (χ2n) is 7.97. The van der Waals surface area contributed by atoms with Crippen LogP contribution in [0.5, 0.6) is 0 Å². The third kappa shape index (κ3) is 3.23. The van der Waals surface area contributed by atoms with Crippen molar-refractivity contribution >= 4 is 29.2 Å². The van der Waals surface area contributed by atoms with Crippen LogP contribution in [-0.2, 0) is 11.3 Å². The standard InChI is InChI=1S/C22H23N7O2/c1-11-6-15-16(25-11)8-14-13-7-17(24-10-18(13)26-21(14)30)20-12(2)27-28-19(20)9-23-4-5-29(3)22(15)31/h6-8,10,23,25H,4-5,9H2,1-3H3,(H,26,30)(H,27,28)/b14-8-. The number of likely N-dealkylation sites (N-methyl/N-ethyl adjacent to an activating group) is 1. The van der Waals surface area contributed by atoms with Crippen molar-refractivity contribution in [3.05, 3.63) is 52.2 Å². The van der Waals surface area contributed by atoms with Crippen LogP contribution in [0, 0.1) is 13.8 Å². The fraction of sp³-hybridized carbons (Fsp3) is 0.273. The van der Waals surface area contributed by atoms with Gasteiger partial charge >= 0.3 is 0 Å². The van der Waals surface area contributed by atoms with Crippen LogP contribution in [0.1, 0.15) is 38.7 Å². The molecule has 0 fully saturated rings.